The van der Waals surface area contributed by atoms with Gasteiger partial charge in [0.2, 0.25) is 15.9 Å². The lowest BCUT2D eigenvalue weighted by Crippen LogP contribution is -2.43. The number of sulfonamides is 1. The standard InChI is InChI=1S/C23H26ClN3O5S/c1-14(2)15-5-7-17(8-6-15)25-23(29)16-4-3-9-27(12-16)33(30,31)21-11-20-19(10-18(21)24)26-22(28)13-32-20/h5-8,10-11,14,16H,3-4,9,12-13H2,1-2H3,(H,25,29)(H,26,28)/t16-/m1/s1. The number of nitrogens with zero attached hydrogens (tertiary/aromatic N) is 1. The van der Waals surface area contributed by atoms with Gasteiger partial charge in [0.15, 0.2) is 6.61 Å². The zero-order valence-electron chi connectivity index (χ0n) is 18.4. The molecule has 2 aliphatic heterocycles. The van der Waals surface area contributed by atoms with Crippen LogP contribution in [0.25, 0.3) is 0 Å². The first-order valence-corrected chi connectivity index (χ1v) is 12.6. The van der Waals surface area contributed by atoms with Crippen LogP contribution in [0.2, 0.25) is 5.02 Å². The number of benzene rings is 2. The van der Waals surface area contributed by atoms with E-state index in [1.165, 1.54) is 22.0 Å². The molecule has 2 aliphatic rings. The lowest BCUT2D eigenvalue weighted by molar-refractivity contribution is -0.121. The van der Waals surface area contributed by atoms with Gasteiger partial charge in [0.1, 0.15) is 10.6 Å². The van der Waals surface area contributed by atoms with E-state index in [2.05, 4.69) is 24.5 Å². The highest BCUT2D eigenvalue weighted by Crippen LogP contribution is 2.37. The van der Waals surface area contributed by atoms with Gasteiger partial charge >= 0.3 is 0 Å². The smallest absolute Gasteiger partial charge is 0.262 e. The number of ether oxygens (including phenoxy) is 1. The maximum Gasteiger partial charge on any atom is 0.262 e. The van der Waals surface area contributed by atoms with Crippen molar-refractivity contribution in [2.24, 2.45) is 5.92 Å². The van der Waals surface area contributed by atoms with Gasteiger partial charge in [-0.15, -0.1) is 0 Å². The zero-order chi connectivity index (χ0) is 23.8. The van der Waals surface area contributed by atoms with Gasteiger partial charge in [-0.2, -0.15) is 4.31 Å². The molecule has 0 bridgehead atoms. The van der Waals surface area contributed by atoms with E-state index >= 15 is 0 Å². The second-order valence-electron chi connectivity index (χ2n) is 8.58. The second-order valence-corrected chi connectivity index (χ2v) is 10.9. The fraction of sp³-hybridized carbons (Fsp3) is 0.391. The summed E-state index contributed by atoms with van der Waals surface area (Å²) in [5.41, 5.74) is 2.18. The maximum atomic E-state index is 13.4. The largest absolute Gasteiger partial charge is 0.482 e. The van der Waals surface area contributed by atoms with Crippen molar-refractivity contribution < 1.29 is 22.7 Å². The minimum Gasteiger partial charge on any atom is -0.482 e. The number of amides is 2. The summed E-state index contributed by atoms with van der Waals surface area (Å²) in [5.74, 6) is -0.393. The number of hydrogen-bond acceptors (Lipinski definition) is 5. The SMILES string of the molecule is CC(C)c1ccc(NC(=O)[C@@H]2CCCN(S(=O)(=O)c3cc4c(cc3Cl)NC(=O)CO4)C2)cc1. The van der Waals surface area contributed by atoms with Gasteiger partial charge in [0.05, 0.1) is 16.6 Å². The molecule has 176 valence electrons. The van der Waals surface area contributed by atoms with Crippen LogP contribution in [0.15, 0.2) is 41.3 Å². The summed E-state index contributed by atoms with van der Waals surface area (Å²) in [6.07, 6.45) is 1.15. The number of halogens is 1. The van der Waals surface area contributed by atoms with E-state index in [9.17, 15) is 18.0 Å². The Bertz CT molecular complexity index is 1180. The molecule has 2 N–H and O–H groups in total. The Balaban J connectivity index is 1.49. The summed E-state index contributed by atoms with van der Waals surface area (Å²) in [7, 11) is -3.97. The summed E-state index contributed by atoms with van der Waals surface area (Å²) in [4.78, 5) is 24.3. The summed E-state index contributed by atoms with van der Waals surface area (Å²) >= 11 is 6.26. The number of piperidine rings is 1. The average Bonchev–Trinajstić information content (AvgIpc) is 2.78. The molecule has 1 saturated heterocycles. The molecule has 33 heavy (non-hydrogen) atoms. The molecule has 0 unspecified atom stereocenters. The van der Waals surface area contributed by atoms with E-state index in [1.54, 1.807) is 0 Å². The van der Waals surface area contributed by atoms with Crippen molar-refractivity contribution in [1.82, 2.24) is 4.31 Å². The Morgan fingerprint density at radius 3 is 2.67 bits per heavy atom. The van der Waals surface area contributed by atoms with Gasteiger partial charge in [0.25, 0.3) is 5.91 Å². The first-order chi connectivity index (χ1) is 15.6. The van der Waals surface area contributed by atoms with E-state index in [1.807, 2.05) is 24.3 Å². The van der Waals surface area contributed by atoms with Crippen LogP contribution in [0.1, 0.15) is 38.2 Å². The van der Waals surface area contributed by atoms with Crippen LogP contribution >= 0.6 is 11.6 Å². The highest BCUT2D eigenvalue weighted by Gasteiger charge is 2.35. The fourth-order valence-electron chi connectivity index (χ4n) is 3.99. The predicted molar refractivity (Wildman–Crippen MR) is 126 cm³/mol. The molecule has 4 rings (SSSR count). The normalized spacial score (nSPS) is 18.9. The molecular weight excluding hydrogens is 466 g/mol. The molecule has 0 saturated carbocycles. The Morgan fingerprint density at radius 1 is 1.24 bits per heavy atom. The molecule has 2 heterocycles. The lowest BCUT2D eigenvalue weighted by atomic mass is 9.98. The third-order valence-corrected chi connectivity index (χ3v) is 8.21. The number of nitrogens with one attached hydrogen (secondary N) is 2. The number of fused-ring (bicyclic) bond motifs is 1. The molecule has 2 amide bonds. The summed E-state index contributed by atoms with van der Waals surface area (Å²) < 4.78 is 33.3. The van der Waals surface area contributed by atoms with Crippen LogP contribution in [-0.2, 0) is 19.6 Å². The van der Waals surface area contributed by atoms with Gasteiger partial charge in [-0.25, -0.2) is 8.42 Å². The minimum atomic E-state index is -3.97. The van der Waals surface area contributed by atoms with Crippen molar-refractivity contribution in [3.63, 3.8) is 0 Å². The monoisotopic (exact) mass is 491 g/mol. The minimum absolute atomic E-state index is 0.0173. The van der Waals surface area contributed by atoms with Gasteiger partial charge in [0, 0.05) is 24.8 Å². The quantitative estimate of drug-likeness (QED) is 0.661. The number of carbonyl (C=O) groups excluding carboxylic acids is 2. The topological polar surface area (TPSA) is 105 Å². The van der Waals surface area contributed by atoms with Crippen LogP contribution in [0.4, 0.5) is 11.4 Å². The molecular formula is C23H26ClN3O5S. The number of anilines is 2. The number of hydrogen-bond donors (Lipinski definition) is 2. The molecule has 0 radical (unpaired) electrons. The first kappa shape index (κ1) is 23.5. The van der Waals surface area contributed by atoms with Gasteiger partial charge in [-0.1, -0.05) is 37.6 Å². The Labute approximate surface area is 198 Å². The maximum absolute atomic E-state index is 13.4. The van der Waals surface area contributed by atoms with Crippen LogP contribution in [0, 0.1) is 5.92 Å². The van der Waals surface area contributed by atoms with Gasteiger partial charge in [-0.05, 0) is 42.5 Å². The highest BCUT2D eigenvalue weighted by atomic mass is 35.5. The third kappa shape index (κ3) is 5.00. The van der Waals surface area contributed by atoms with Crippen LogP contribution in [0.3, 0.4) is 0 Å². The van der Waals surface area contributed by atoms with Gasteiger partial charge in [-0.3, -0.25) is 9.59 Å². The van der Waals surface area contributed by atoms with Crippen LogP contribution < -0.4 is 15.4 Å². The molecule has 0 aromatic heterocycles. The third-order valence-electron chi connectivity index (χ3n) is 5.88. The second kappa shape index (κ2) is 9.32. The lowest BCUT2D eigenvalue weighted by Gasteiger charge is -2.31. The van der Waals surface area contributed by atoms with E-state index in [-0.39, 0.29) is 40.6 Å². The Kier molecular flexibility index (Phi) is 6.65. The summed E-state index contributed by atoms with van der Waals surface area (Å²) in [6, 6.07) is 10.4. The summed E-state index contributed by atoms with van der Waals surface area (Å²) in [6.45, 7) is 4.35. The van der Waals surface area contributed by atoms with Crippen LogP contribution in [-0.4, -0.2) is 44.2 Å². The van der Waals surface area contributed by atoms with Crippen molar-refractivity contribution in [3.05, 3.63) is 47.0 Å². The van der Waals surface area contributed by atoms with E-state index < -0.39 is 15.9 Å². The highest BCUT2D eigenvalue weighted by molar-refractivity contribution is 7.89. The molecule has 2 aromatic carbocycles. The molecule has 10 heteroatoms. The van der Waals surface area contributed by atoms with Crippen molar-refractivity contribution >= 4 is 44.8 Å². The summed E-state index contributed by atoms with van der Waals surface area (Å²) in [5, 5.41) is 5.49. The zero-order valence-corrected chi connectivity index (χ0v) is 20.0. The molecule has 8 nitrogen and oxygen atoms in total. The van der Waals surface area contributed by atoms with E-state index in [0.717, 1.165) is 0 Å². The average molecular weight is 492 g/mol. The molecule has 0 aliphatic carbocycles. The van der Waals surface area contributed by atoms with Crippen molar-refractivity contribution in [1.29, 1.82) is 0 Å². The Morgan fingerprint density at radius 2 is 1.97 bits per heavy atom. The predicted octanol–water partition coefficient (Wildman–Crippen LogP) is 3.83. The van der Waals surface area contributed by atoms with Crippen molar-refractivity contribution in [2.75, 3.05) is 30.3 Å². The molecule has 1 fully saturated rings. The Hall–Kier alpha value is -2.62. The fourth-order valence-corrected chi connectivity index (χ4v) is 6.03. The van der Waals surface area contributed by atoms with E-state index in [4.69, 9.17) is 16.3 Å². The molecule has 2 aromatic rings. The van der Waals surface area contributed by atoms with Crippen molar-refractivity contribution in [3.8, 4) is 5.75 Å². The number of carbonyl (C=O) groups is 2. The van der Waals surface area contributed by atoms with Crippen LogP contribution in [0.5, 0.6) is 5.75 Å². The first-order valence-electron chi connectivity index (χ1n) is 10.8. The number of rotatable bonds is 5. The van der Waals surface area contributed by atoms with E-state index in [0.29, 0.717) is 36.7 Å². The molecule has 1 atom stereocenters. The van der Waals surface area contributed by atoms with Crippen molar-refractivity contribution in [2.45, 2.75) is 37.5 Å². The van der Waals surface area contributed by atoms with Gasteiger partial charge < -0.3 is 15.4 Å². The molecule has 0 spiro atoms.